The van der Waals surface area contributed by atoms with Crippen LogP contribution < -0.4 is 0 Å². The van der Waals surface area contributed by atoms with E-state index in [1.807, 2.05) is 0 Å². The number of unbranched alkanes of at least 4 members (excludes halogenated alkanes) is 1. The van der Waals surface area contributed by atoms with E-state index >= 15 is 0 Å². The number of rotatable bonds is 7. The molecule has 3 N–H and O–H groups in total. The molecule has 0 aliphatic carbocycles. The lowest BCUT2D eigenvalue weighted by Crippen LogP contribution is -2.14. The molecule has 0 radical (unpaired) electrons. The Hall–Kier alpha value is -0.160. The molecule has 0 spiro atoms. The first-order valence-corrected chi connectivity index (χ1v) is 3.82. The van der Waals surface area contributed by atoms with E-state index < -0.39 is 6.29 Å². The van der Waals surface area contributed by atoms with Crippen LogP contribution in [0.2, 0.25) is 0 Å². The minimum Gasteiger partial charge on any atom is -0.396 e. The van der Waals surface area contributed by atoms with E-state index in [1.54, 1.807) is 0 Å². The van der Waals surface area contributed by atoms with Crippen LogP contribution in [0.3, 0.4) is 0 Å². The molecule has 0 bridgehead atoms. The molecule has 68 valence electrons. The lowest BCUT2D eigenvalue weighted by molar-refractivity contribution is -0.110. The van der Waals surface area contributed by atoms with Crippen molar-refractivity contribution in [3.8, 4) is 0 Å². The molecule has 0 aromatic heterocycles. The molecule has 0 fully saturated rings. The van der Waals surface area contributed by atoms with E-state index in [1.165, 1.54) is 0 Å². The second-order valence-corrected chi connectivity index (χ2v) is 2.27. The van der Waals surface area contributed by atoms with Gasteiger partial charge in [-0.2, -0.15) is 0 Å². The smallest absolute Gasteiger partial charge is 0.156 e. The van der Waals surface area contributed by atoms with Crippen molar-refractivity contribution in [2.45, 2.75) is 25.6 Å². The zero-order valence-corrected chi connectivity index (χ0v) is 6.57. The van der Waals surface area contributed by atoms with Crippen LogP contribution in [-0.2, 0) is 4.74 Å². The Labute approximate surface area is 66.4 Å². The monoisotopic (exact) mass is 164 g/mol. The second-order valence-electron chi connectivity index (χ2n) is 2.27. The van der Waals surface area contributed by atoms with Gasteiger partial charge in [0.2, 0.25) is 0 Å². The highest BCUT2D eigenvalue weighted by Gasteiger charge is 2.00. The number of aliphatic hydroxyl groups excluding tert-OH is 3. The van der Waals surface area contributed by atoms with Crippen LogP contribution in [0.1, 0.15) is 19.3 Å². The van der Waals surface area contributed by atoms with Crippen LogP contribution in [0.4, 0.5) is 0 Å². The average molecular weight is 164 g/mol. The SMILES string of the molecule is OCCCCOC(O)CCO. The Bertz CT molecular complexity index is 76.8. The van der Waals surface area contributed by atoms with Crippen molar-refractivity contribution in [3.63, 3.8) is 0 Å². The zero-order chi connectivity index (χ0) is 8.53. The van der Waals surface area contributed by atoms with Crippen molar-refractivity contribution >= 4 is 0 Å². The molecule has 1 atom stereocenters. The molecule has 0 heterocycles. The predicted molar refractivity (Wildman–Crippen MR) is 40.0 cm³/mol. The maximum Gasteiger partial charge on any atom is 0.156 e. The lowest BCUT2D eigenvalue weighted by atomic mass is 10.3. The summed E-state index contributed by atoms with van der Waals surface area (Å²) in [6.45, 7) is 0.516. The van der Waals surface area contributed by atoms with Crippen LogP contribution in [0.5, 0.6) is 0 Å². The van der Waals surface area contributed by atoms with E-state index in [0.717, 1.165) is 6.42 Å². The van der Waals surface area contributed by atoms with Gasteiger partial charge in [-0.05, 0) is 12.8 Å². The van der Waals surface area contributed by atoms with E-state index in [4.69, 9.17) is 20.1 Å². The van der Waals surface area contributed by atoms with Gasteiger partial charge in [-0.15, -0.1) is 0 Å². The molecule has 4 nitrogen and oxygen atoms in total. The van der Waals surface area contributed by atoms with Crippen LogP contribution in [0, 0.1) is 0 Å². The van der Waals surface area contributed by atoms with Crippen molar-refractivity contribution in [1.29, 1.82) is 0 Å². The zero-order valence-electron chi connectivity index (χ0n) is 6.57. The standard InChI is InChI=1S/C7H16O4/c8-4-1-2-6-11-7(10)3-5-9/h7-10H,1-6H2. The quantitative estimate of drug-likeness (QED) is 0.349. The third kappa shape index (κ3) is 7.74. The molecule has 4 heteroatoms. The third-order valence-electron chi connectivity index (χ3n) is 1.24. The molecule has 0 aromatic rings. The summed E-state index contributed by atoms with van der Waals surface area (Å²) in [7, 11) is 0. The van der Waals surface area contributed by atoms with E-state index in [0.29, 0.717) is 13.0 Å². The Morgan fingerprint density at radius 2 is 1.82 bits per heavy atom. The molecule has 0 saturated heterocycles. The van der Waals surface area contributed by atoms with Crippen molar-refractivity contribution in [2.75, 3.05) is 19.8 Å². The summed E-state index contributed by atoms with van der Waals surface area (Å²) in [6, 6.07) is 0. The number of aliphatic hydroxyl groups is 3. The molecule has 0 aliphatic rings. The highest BCUT2D eigenvalue weighted by atomic mass is 16.6. The average Bonchev–Trinajstić information content (AvgIpc) is 1.99. The molecule has 0 aliphatic heterocycles. The first-order valence-electron chi connectivity index (χ1n) is 3.82. The van der Waals surface area contributed by atoms with Gasteiger partial charge in [-0.1, -0.05) is 0 Å². The first kappa shape index (κ1) is 10.8. The minimum atomic E-state index is -0.862. The fraction of sp³-hybridized carbons (Fsp3) is 1.00. The molecular formula is C7H16O4. The second kappa shape index (κ2) is 7.94. The topological polar surface area (TPSA) is 69.9 Å². The van der Waals surface area contributed by atoms with Gasteiger partial charge in [-0.3, -0.25) is 0 Å². The van der Waals surface area contributed by atoms with Gasteiger partial charge in [0, 0.05) is 26.2 Å². The number of hydrogen-bond donors (Lipinski definition) is 3. The van der Waals surface area contributed by atoms with Crippen molar-refractivity contribution in [1.82, 2.24) is 0 Å². The van der Waals surface area contributed by atoms with Gasteiger partial charge < -0.3 is 20.1 Å². The largest absolute Gasteiger partial charge is 0.396 e. The summed E-state index contributed by atoms with van der Waals surface area (Å²) < 4.78 is 4.87. The predicted octanol–water partition coefficient (Wildman–Crippen LogP) is -0.524. The van der Waals surface area contributed by atoms with Crippen molar-refractivity contribution in [3.05, 3.63) is 0 Å². The summed E-state index contributed by atoms with van der Waals surface area (Å²) in [5.41, 5.74) is 0. The summed E-state index contributed by atoms with van der Waals surface area (Å²) >= 11 is 0. The van der Waals surface area contributed by atoms with Gasteiger partial charge in [0.15, 0.2) is 6.29 Å². The number of ether oxygens (including phenoxy) is 1. The van der Waals surface area contributed by atoms with Gasteiger partial charge in [-0.25, -0.2) is 0 Å². The van der Waals surface area contributed by atoms with Gasteiger partial charge in [0.05, 0.1) is 0 Å². The van der Waals surface area contributed by atoms with Crippen LogP contribution in [-0.4, -0.2) is 41.4 Å². The van der Waals surface area contributed by atoms with E-state index in [9.17, 15) is 0 Å². The van der Waals surface area contributed by atoms with Gasteiger partial charge in [0.25, 0.3) is 0 Å². The Morgan fingerprint density at radius 3 is 2.36 bits per heavy atom. The lowest BCUT2D eigenvalue weighted by Gasteiger charge is -2.09. The van der Waals surface area contributed by atoms with Gasteiger partial charge >= 0.3 is 0 Å². The molecule has 0 aromatic carbocycles. The van der Waals surface area contributed by atoms with Crippen LogP contribution >= 0.6 is 0 Å². The Kier molecular flexibility index (Phi) is 7.83. The highest BCUT2D eigenvalue weighted by Crippen LogP contribution is 1.95. The minimum absolute atomic E-state index is 0.0683. The van der Waals surface area contributed by atoms with Crippen molar-refractivity contribution in [2.24, 2.45) is 0 Å². The maximum atomic E-state index is 8.90. The van der Waals surface area contributed by atoms with Crippen LogP contribution in [0.25, 0.3) is 0 Å². The normalized spacial score (nSPS) is 13.4. The first-order chi connectivity index (χ1) is 5.31. The van der Waals surface area contributed by atoms with E-state index in [2.05, 4.69) is 0 Å². The number of hydrogen-bond acceptors (Lipinski definition) is 4. The summed E-state index contributed by atoms with van der Waals surface area (Å²) in [4.78, 5) is 0. The molecule has 0 rings (SSSR count). The third-order valence-corrected chi connectivity index (χ3v) is 1.24. The molecule has 0 saturated carbocycles. The van der Waals surface area contributed by atoms with Crippen LogP contribution in [0.15, 0.2) is 0 Å². The Balaban J connectivity index is 2.97. The fourth-order valence-electron chi connectivity index (χ4n) is 0.627. The molecular weight excluding hydrogens is 148 g/mol. The van der Waals surface area contributed by atoms with Crippen molar-refractivity contribution < 1.29 is 20.1 Å². The molecule has 0 amide bonds. The molecule has 1 unspecified atom stereocenters. The summed E-state index contributed by atoms with van der Waals surface area (Å²) in [6.07, 6.45) is 0.808. The van der Waals surface area contributed by atoms with E-state index in [-0.39, 0.29) is 19.6 Å². The Morgan fingerprint density at radius 1 is 1.09 bits per heavy atom. The highest BCUT2D eigenvalue weighted by molar-refractivity contribution is 4.41. The fourth-order valence-corrected chi connectivity index (χ4v) is 0.627. The van der Waals surface area contributed by atoms with Gasteiger partial charge in [0.1, 0.15) is 0 Å². The summed E-state index contributed by atoms with van der Waals surface area (Å²) in [5, 5.41) is 25.6. The maximum absolute atomic E-state index is 8.90. The summed E-state index contributed by atoms with van der Waals surface area (Å²) in [5.74, 6) is 0. The molecule has 11 heavy (non-hydrogen) atoms.